The van der Waals surface area contributed by atoms with E-state index in [0.717, 1.165) is 24.2 Å². The number of nitrogens with one attached hydrogen (secondary N) is 1. The van der Waals surface area contributed by atoms with Crippen LogP contribution in [0.1, 0.15) is 32.3 Å². The lowest BCUT2D eigenvalue weighted by Crippen LogP contribution is -2.48. The molecular weight excluding hydrogens is 546 g/mol. The number of aromatic nitrogens is 2. The molecule has 2 aliphatic rings. The number of hydrogen-bond acceptors (Lipinski definition) is 8. The number of amides is 2. The minimum atomic E-state index is -0.690. The van der Waals surface area contributed by atoms with Crippen LogP contribution in [0.25, 0.3) is 11.3 Å². The fourth-order valence-corrected chi connectivity index (χ4v) is 5.30. The number of rotatable bonds is 9. The lowest BCUT2D eigenvalue weighted by molar-refractivity contribution is -0.133. The lowest BCUT2D eigenvalue weighted by atomic mass is 10.1. The Hall–Kier alpha value is -4.32. The lowest BCUT2D eigenvalue weighted by Gasteiger charge is -2.36. The molecule has 2 aliphatic heterocycles. The van der Waals surface area contributed by atoms with Gasteiger partial charge in [-0.2, -0.15) is 0 Å². The Labute approximate surface area is 243 Å². The maximum absolute atomic E-state index is 14.8. The monoisotopic (exact) mass is 580 g/mol. The highest BCUT2D eigenvalue weighted by Crippen LogP contribution is 2.40. The Kier molecular flexibility index (Phi) is 8.81. The van der Waals surface area contributed by atoms with E-state index in [9.17, 15) is 18.4 Å². The van der Waals surface area contributed by atoms with E-state index in [-0.39, 0.29) is 41.4 Å². The number of benzene rings is 2. The molecule has 12 heteroatoms. The highest BCUT2D eigenvalue weighted by Gasteiger charge is 2.29. The maximum atomic E-state index is 14.8. The molecule has 1 fully saturated rings. The number of halogens is 2. The second-order valence-corrected chi connectivity index (χ2v) is 10.2. The van der Waals surface area contributed by atoms with Crippen LogP contribution in [0.3, 0.4) is 0 Å². The van der Waals surface area contributed by atoms with Crippen LogP contribution in [-0.2, 0) is 16.1 Å². The van der Waals surface area contributed by atoms with Crippen molar-refractivity contribution >= 4 is 29.1 Å². The summed E-state index contributed by atoms with van der Waals surface area (Å²) in [6.07, 6.45) is 2.42. The van der Waals surface area contributed by atoms with E-state index in [0.29, 0.717) is 62.8 Å². The highest BCUT2D eigenvalue weighted by molar-refractivity contribution is 5.99. The third kappa shape index (κ3) is 6.13. The van der Waals surface area contributed by atoms with Crippen molar-refractivity contribution in [3.05, 3.63) is 53.7 Å². The normalized spacial score (nSPS) is 15.3. The summed E-state index contributed by atoms with van der Waals surface area (Å²) in [5.41, 5.74) is 2.29. The summed E-state index contributed by atoms with van der Waals surface area (Å²) in [6.45, 7) is 7.57. The van der Waals surface area contributed by atoms with Gasteiger partial charge in [-0.1, -0.05) is 6.92 Å². The smallest absolute Gasteiger partial charge is 0.265 e. The molecule has 5 rings (SSSR count). The summed E-state index contributed by atoms with van der Waals surface area (Å²) < 4.78 is 39.8. The van der Waals surface area contributed by atoms with Crippen molar-refractivity contribution in [1.29, 1.82) is 0 Å². The number of hydrogen-bond donors (Lipinski definition) is 1. The summed E-state index contributed by atoms with van der Waals surface area (Å²) in [7, 11) is 1.37. The largest absolute Gasteiger partial charge is 0.496 e. The second-order valence-electron chi connectivity index (χ2n) is 10.2. The van der Waals surface area contributed by atoms with Gasteiger partial charge in [-0.3, -0.25) is 14.5 Å². The minimum absolute atomic E-state index is 0.0493. The van der Waals surface area contributed by atoms with Gasteiger partial charge in [-0.25, -0.2) is 18.7 Å². The van der Waals surface area contributed by atoms with Crippen LogP contribution in [0.4, 0.5) is 26.1 Å². The first kappa shape index (κ1) is 29.2. The Balaban J connectivity index is 1.45. The number of nitrogens with zero attached hydrogens (tertiary/aromatic N) is 5. The van der Waals surface area contributed by atoms with Crippen LogP contribution >= 0.6 is 0 Å². The maximum Gasteiger partial charge on any atom is 0.265 e. The van der Waals surface area contributed by atoms with Gasteiger partial charge >= 0.3 is 0 Å². The van der Waals surface area contributed by atoms with Crippen LogP contribution < -0.4 is 19.7 Å². The quantitative estimate of drug-likeness (QED) is 0.399. The topological polar surface area (TPSA) is 100 Å². The number of piperazine rings is 1. The molecule has 2 aromatic carbocycles. The predicted molar refractivity (Wildman–Crippen MR) is 154 cm³/mol. The van der Waals surface area contributed by atoms with Crippen molar-refractivity contribution in [2.45, 2.75) is 33.2 Å². The van der Waals surface area contributed by atoms with Gasteiger partial charge in [0.2, 0.25) is 11.9 Å². The summed E-state index contributed by atoms with van der Waals surface area (Å²) in [4.78, 5) is 39.3. The Morgan fingerprint density at radius 3 is 2.62 bits per heavy atom. The number of anilines is 3. The molecule has 3 heterocycles. The predicted octanol–water partition coefficient (Wildman–Crippen LogP) is 4.36. The van der Waals surface area contributed by atoms with E-state index >= 15 is 0 Å². The third-order valence-electron chi connectivity index (χ3n) is 7.40. The molecule has 0 saturated carbocycles. The molecule has 0 radical (unpaired) electrons. The zero-order valence-electron chi connectivity index (χ0n) is 24.0. The molecule has 42 heavy (non-hydrogen) atoms. The molecule has 1 aromatic heterocycles. The molecule has 3 aromatic rings. The van der Waals surface area contributed by atoms with Gasteiger partial charge < -0.3 is 24.6 Å². The van der Waals surface area contributed by atoms with E-state index in [2.05, 4.69) is 20.2 Å². The van der Waals surface area contributed by atoms with Crippen LogP contribution in [0.2, 0.25) is 0 Å². The first-order valence-electron chi connectivity index (χ1n) is 14.0. The summed E-state index contributed by atoms with van der Waals surface area (Å²) >= 11 is 0. The number of carbonyl (C=O) groups excluding carboxylic acids is 2. The summed E-state index contributed by atoms with van der Waals surface area (Å²) in [6, 6.07) is 7.46. The van der Waals surface area contributed by atoms with Gasteiger partial charge in [0.15, 0.2) is 12.4 Å². The number of likely N-dealkylation sites (N-methyl/N-ethyl adjacent to an activating group) is 1. The van der Waals surface area contributed by atoms with Gasteiger partial charge in [0, 0.05) is 68.6 Å². The minimum Gasteiger partial charge on any atom is -0.496 e. The molecule has 0 bridgehead atoms. The zero-order valence-corrected chi connectivity index (χ0v) is 24.0. The van der Waals surface area contributed by atoms with Crippen LogP contribution in [0, 0.1) is 11.6 Å². The number of ether oxygens (including phenoxy) is 2. The van der Waals surface area contributed by atoms with E-state index in [4.69, 9.17) is 9.47 Å². The average Bonchev–Trinajstić information content (AvgIpc) is 2.98. The van der Waals surface area contributed by atoms with E-state index in [1.54, 1.807) is 11.0 Å². The number of methoxy groups -OCH3 is 1. The van der Waals surface area contributed by atoms with Gasteiger partial charge in [0.1, 0.15) is 23.0 Å². The molecule has 0 unspecified atom stereocenters. The van der Waals surface area contributed by atoms with Crippen molar-refractivity contribution in [1.82, 2.24) is 19.8 Å². The Bertz CT molecular complexity index is 1480. The van der Waals surface area contributed by atoms with Gasteiger partial charge in [-0.15, -0.1) is 0 Å². The Morgan fingerprint density at radius 1 is 1.12 bits per heavy atom. The van der Waals surface area contributed by atoms with E-state index in [1.807, 2.05) is 24.8 Å². The number of fused-ring (bicyclic) bond motifs is 1. The van der Waals surface area contributed by atoms with Gasteiger partial charge in [-0.05, 0) is 37.6 Å². The van der Waals surface area contributed by atoms with Crippen molar-refractivity contribution < 1.29 is 27.8 Å². The molecule has 0 atom stereocenters. The standard InChI is InChI=1S/C30H34F2N6O4/c1-4-6-26(39)37-11-9-36(10-12-37)17-19-13-21(15-24-29(19)42-18-27(40)38(24)5-2)34-30-33-16-23(32)28(35-30)22-8-7-20(31)14-25(22)41-3/h7-8,13-16H,4-6,9-12,17-18H2,1-3H3,(H,33,34,35). The molecular formula is C30H34F2N6O4. The first-order chi connectivity index (χ1) is 20.3. The number of carbonyl (C=O) groups is 2. The van der Waals surface area contributed by atoms with Crippen LogP contribution in [0.5, 0.6) is 11.5 Å². The summed E-state index contributed by atoms with van der Waals surface area (Å²) in [5, 5.41) is 3.14. The van der Waals surface area contributed by atoms with Crippen LogP contribution in [0.15, 0.2) is 36.5 Å². The van der Waals surface area contributed by atoms with Gasteiger partial charge in [0.05, 0.1) is 19.0 Å². The molecule has 222 valence electrons. The average molecular weight is 581 g/mol. The fourth-order valence-electron chi connectivity index (χ4n) is 5.30. The van der Waals surface area contributed by atoms with Crippen molar-refractivity contribution in [3.8, 4) is 22.8 Å². The molecule has 1 N–H and O–H groups in total. The highest BCUT2D eigenvalue weighted by atomic mass is 19.1. The van der Waals surface area contributed by atoms with Crippen molar-refractivity contribution in [2.75, 3.05) is 56.7 Å². The van der Waals surface area contributed by atoms with Crippen LogP contribution in [-0.4, -0.2) is 78.0 Å². The molecule has 2 amide bonds. The fraction of sp³-hybridized carbons (Fsp3) is 0.400. The molecule has 1 saturated heterocycles. The Morgan fingerprint density at radius 2 is 1.90 bits per heavy atom. The first-order valence-corrected chi connectivity index (χ1v) is 14.0. The summed E-state index contributed by atoms with van der Waals surface area (Å²) in [5.74, 6) is -0.306. The van der Waals surface area contributed by atoms with Crippen molar-refractivity contribution in [2.24, 2.45) is 0 Å². The second kappa shape index (κ2) is 12.7. The van der Waals surface area contributed by atoms with E-state index in [1.165, 1.54) is 19.2 Å². The van der Waals surface area contributed by atoms with Crippen molar-refractivity contribution in [3.63, 3.8) is 0 Å². The zero-order chi connectivity index (χ0) is 29.8. The third-order valence-corrected chi connectivity index (χ3v) is 7.40. The van der Waals surface area contributed by atoms with E-state index < -0.39 is 11.6 Å². The molecule has 0 spiro atoms. The molecule has 10 nitrogen and oxygen atoms in total. The molecule has 0 aliphatic carbocycles. The SMILES string of the molecule is CCCC(=O)N1CCN(Cc2cc(Nc3ncc(F)c(-c4ccc(F)cc4OC)n3)cc3c2OCC(=O)N3CC)CC1. The van der Waals surface area contributed by atoms with Gasteiger partial charge in [0.25, 0.3) is 5.91 Å².